The van der Waals surface area contributed by atoms with Gasteiger partial charge < -0.3 is 10.6 Å². The Balaban J connectivity index is 1.77. The van der Waals surface area contributed by atoms with Gasteiger partial charge in [0.25, 0.3) is 0 Å². The van der Waals surface area contributed by atoms with Crippen LogP contribution in [0.3, 0.4) is 0 Å². The van der Waals surface area contributed by atoms with Crippen LogP contribution in [-0.2, 0) is 4.79 Å². The maximum Gasteiger partial charge on any atom is 0.234 e. The lowest BCUT2D eigenvalue weighted by Gasteiger charge is -2.26. The second kappa shape index (κ2) is 6.45. The molecule has 98 valence electrons. The largest absolute Gasteiger partial charge is 0.325 e. The van der Waals surface area contributed by atoms with Gasteiger partial charge in [-0.25, -0.2) is 0 Å². The van der Waals surface area contributed by atoms with Gasteiger partial charge in [-0.1, -0.05) is 17.7 Å². The highest BCUT2D eigenvalue weighted by molar-refractivity contribution is 7.99. The molecule has 0 bridgehead atoms. The Morgan fingerprint density at radius 3 is 3.00 bits per heavy atom. The highest BCUT2D eigenvalue weighted by Gasteiger charge is 2.16. The fourth-order valence-electron chi connectivity index (χ4n) is 1.71. The van der Waals surface area contributed by atoms with Gasteiger partial charge in [0, 0.05) is 10.7 Å². The molecule has 0 saturated carbocycles. The molecule has 1 heterocycles. The van der Waals surface area contributed by atoms with Crippen molar-refractivity contribution in [2.45, 2.75) is 6.92 Å². The summed E-state index contributed by atoms with van der Waals surface area (Å²) in [6, 6.07) is 5.54. The van der Waals surface area contributed by atoms with Gasteiger partial charge in [0.15, 0.2) is 0 Å². The van der Waals surface area contributed by atoms with Crippen molar-refractivity contribution in [1.29, 1.82) is 0 Å². The number of amides is 1. The van der Waals surface area contributed by atoms with Crippen LogP contribution in [0.2, 0.25) is 5.02 Å². The van der Waals surface area contributed by atoms with Crippen LogP contribution in [0.25, 0.3) is 0 Å². The van der Waals surface area contributed by atoms with Gasteiger partial charge in [-0.15, -0.1) is 0 Å². The molecular weight excluding hydrogens is 268 g/mol. The van der Waals surface area contributed by atoms with Crippen molar-refractivity contribution in [2.24, 2.45) is 5.92 Å². The number of anilines is 1. The summed E-state index contributed by atoms with van der Waals surface area (Å²) in [5.74, 6) is 2.32. The molecule has 1 aliphatic rings. The van der Waals surface area contributed by atoms with E-state index in [9.17, 15) is 4.79 Å². The van der Waals surface area contributed by atoms with E-state index in [0.29, 0.717) is 10.8 Å². The smallest absolute Gasteiger partial charge is 0.234 e. The highest BCUT2D eigenvalue weighted by atomic mass is 35.5. The van der Waals surface area contributed by atoms with E-state index in [4.69, 9.17) is 11.6 Å². The molecule has 0 spiro atoms. The number of halogens is 1. The van der Waals surface area contributed by atoms with Crippen molar-refractivity contribution in [3.8, 4) is 0 Å². The Bertz CT molecular complexity index is 435. The topological polar surface area (TPSA) is 41.1 Å². The predicted octanol–water partition coefficient (Wildman–Crippen LogP) is 2.54. The zero-order valence-electron chi connectivity index (χ0n) is 10.3. The van der Waals surface area contributed by atoms with Gasteiger partial charge in [-0.3, -0.25) is 4.79 Å². The number of hydrogen-bond donors (Lipinski definition) is 2. The molecule has 0 aromatic heterocycles. The second-order valence-corrected chi connectivity index (χ2v) is 5.94. The molecule has 5 heteroatoms. The SMILES string of the molecule is Cc1c(Cl)cccc1NC(=O)CSCC1CNC1. The van der Waals surface area contributed by atoms with Crippen molar-refractivity contribution >= 4 is 35.0 Å². The standard InChI is InChI=1S/C13H17ClN2OS/c1-9-11(14)3-2-4-12(9)16-13(17)8-18-7-10-5-15-6-10/h2-4,10,15H,5-8H2,1H3,(H,16,17). The van der Waals surface area contributed by atoms with Crippen LogP contribution in [0.1, 0.15) is 5.56 Å². The summed E-state index contributed by atoms with van der Waals surface area (Å²) in [7, 11) is 0. The van der Waals surface area contributed by atoms with Gasteiger partial charge in [0.05, 0.1) is 5.75 Å². The number of carbonyl (C=O) groups excluding carboxylic acids is 1. The Morgan fingerprint density at radius 2 is 2.33 bits per heavy atom. The maximum atomic E-state index is 11.8. The summed E-state index contributed by atoms with van der Waals surface area (Å²) in [5, 5.41) is 6.81. The number of benzene rings is 1. The average Bonchev–Trinajstić information content (AvgIpc) is 2.28. The quantitative estimate of drug-likeness (QED) is 0.873. The summed E-state index contributed by atoms with van der Waals surface area (Å²) < 4.78 is 0. The lowest BCUT2D eigenvalue weighted by molar-refractivity contribution is -0.113. The van der Waals surface area contributed by atoms with Crippen molar-refractivity contribution < 1.29 is 4.79 Å². The van der Waals surface area contributed by atoms with Crippen molar-refractivity contribution in [3.05, 3.63) is 28.8 Å². The van der Waals surface area contributed by atoms with Gasteiger partial charge in [-0.2, -0.15) is 11.8 Å². The third-order valence-corrected chi connectivity index (χ3v) is 4.58. The van der Waals surface area contributed by atoms with Crippen LogP contribution in [-0.4, -0.2) is 30.5 Å². The van der Waals surface area contributed by atoms with Crippen molar-refractivity contribution in [3.63, 3.8) is 0 Å². The predicted molar refractivity (Wildman–Crippen MR) is 78.5 cm³/mol. The Kier molecular flexibility index (Phi) is 4.92. The molecule has 3 nitrogen and oxygen atoms in total. The lowest BCUT2D eigenvalue weighted by Crippen LogP contribution is -2.43. The molecule has 1 aromatic rings. The molecular formula is C13H17ClN2OS. The molecule has 0 atom stereocenters. The maximum absolute atomic E-state index is 11.8. The third-order valence-electron chi connectivity index (χ3n) is 2.99. The number of nitrogens with one attached hydrogen (secondary N) is 2. The number of thioether (sulfide) groups is 1. The second-order valence-electron chi connectivity index (χ2n) is 4.50. The Morgan fingerprint density at radius 1 is 1.56 bits per heavy atom. The fraction of sp³-hybridized carbons (Fsp3) is 0.462. The highest BCUT2D eigenvalue weighted by Crippen LogP contribution is 2.23. The van der Waals surface area contributed by atoms with Gasteiger partial charge in [-0.05, 0) is 49.4 Å². The molecule has 1 aromatic carbocycles. The number of hydrogen-bond acceptors (Lipinski definition) is 3. The molecule has 2 N–H and O–H groups in total. The van der Waals surface area contributed by atoms with E-state index in [2.05, 4.69) is 10.6 Å². The third kappa shape index (κ3) is 3.64. The minimum absolute atomic E-state index is 0.0395. The van der Waals surface area contributed by atoms with E-state index < -0.39 is 0 Å². The summed E-state index contributed by atoms with van der Waals surface area (Å²) in [6.07, 6.45) is 0. The lowest BCUT2D eigenvalue weighted by atomic mass is 10.1. The minimum Gasteiger partial charge on any atom is -0.325 e. The van der Waals surface area contributed by atoms with Crippen molar-refractivity contribution in [2.75, 3.05) is 29.9 Å². The van der Waals surface area contributed by atoms with E-state index in [0.717, 1.165) is 36.0 Å². The average molecular weight is 285 g/mol. The molecule has 0 unspecified atom stereocenters. The summed E-state index contributed by atoms with van der Waals surface area (Å²) in [5.41, 5.74) is 1.72. The number of carbonyl (C=O) groups is 1. The summed E-state index contributed by atoms with van der Waals surface area (Å²) in [6.45, 7) is 4.08. The molecule has 2 rings (SSSR count). The first kappa shape index (κ1) is 13.7. The van der Waals surface area contributed by atoms with Gasteiger partial charge in [0.2, 0.25) is 5.91 Å². The zero-order valence-corrected chi connectivity index (χ0v) is 11.9. The fourth-order valence-corrected chi connectivity index (χ4v) is 2.83. The van der Waals surface area contributed by atoms with E-state index in [1.165, 1.54) is 0 Å². The first-order valence-electron chi connectivity index (χ1n) is 6.00. The normalized spacial score (nSPS) is 15.2. The van der Waals surface area contributed by atoms with Crippen LogP contribution in [0.15, 0.2) is 18.2 Å². The van der Waals surface area contributed by atoms with E-state index in [-0.39, 0.29) is 5.91 Å². The monoisotopic (exact) mass is 284 g/mol. The summed E-state index contributed by atoms with van der Waals surface area (Å²) in [4.78, 5) is 11.8. The molecule has 1 amide bonds. The van der Waals surface area contributed by atoms with E-state index >= 15 is 0 Å². The van der Waals surface area contributed by atoms with Crippen LogP contribution >= 0.6 is 23.4 Å². The molecule has 1 aliphatic heterocycles. The molecule has 0 aliphatic carbocycles. The van der Waals surface area contributed by atoms with Gasteiger partial charge in [0.1, 0.15) is 0 Å². The Labute approximate surface area is 117 Å². The van der Waals surface area contributed by atoms with Crippen molar-refractivity contribution in [1.82, 2.24) is 5.32 Å². The molecule has 18 heavy (non-hydrogen) atoms. The van der Waals surface area contributed by atoms with Crippen LogP contribution in [0, 0.1) is 12.8 Å². The van der Waals surface area contributed by atoms with Crippen LogP contribution in [0.5, 0.6) is 0 Å². The summed E-state index contributed by atoms with van der Waals surface area (Å²) >= 11 is 7.70. The zero-order chi connectivity index (χ0) is 13.0. The van der Waals surface area contributed by atoms with E-state index in [1.807, 2.05) is 25.1 Å². The van der Waals surface area contributed by atoms with Crippen LogP contribution in [0.4, 0.5) is 5.69 Å². The molecule has 1 fully saturated rings. The van der Waals surface area contributed by atoms with Gasteiger partial charge >= 0.3 is 0 Å². The Hall–Kier alpha value is -0.710. The first-order chi connectivity index (χ1) is 8.66. The molecule has 0 radical (unpaired) electrons. The minimum atomic E-state index is 0.0395. The first-order valence-corrected chi connectivity index (χ1v) is 7.53. The van der Waals surface area contributed by atoms with E-state index in [1.54, 1.807) is 11.8 Å². The molecule has 1 saturated heterocycles. The van der Waals surface area contributed by atoms with Crippen LogP contribution < -0.4 is 10.6 Å². The number of rotatable bonds is 5.